The molecule has 290 valence electrons. The van der Waals surface area contributed by atoms with E-state index in [9.17, 15) is 22.4 Å². The van der Waals surface area contributed by atoms with Crippen LogP contribution in [-0.2, 0) is 24.8 Å². The van der Waals surface area contributed by atoms with Gasteiger partial charge in [0, 0.05) is 30.5 Å². The number of alkyl halides is 1. The van der Waals surface area contributed by atoms with Crippen LogP contribution in [0.4, 0.5) is 18.9 Å². The number of anilines is 1. The molecule has 4 aliphatic rings. The molecule has 1 aliphatic carbocycles. The van der Waals surface area contributed by atoms with Gasteiger partial charge in [-0.3, -0.25) is 14.5 Å². The van der Waals surface area contributed by atoms with Crippen LogP contribution in [0.5, 0.6) is 0 Å². The molecule has 1 saturated carbocycles. The fourth-order valence-corrected chi connectivity index (χ4v) is 11.1. The van der Waals surface area contributed by atoms with E-state index < -0.39 is 27.2 Å². The monoisotopic (exact) mass is 766 g/mol. The number of primary amides is 1. The van der Waals surface area contributed by atoms with E-state index in [1.54, 1.807) is 17.0 Å². The van der Waals surface area contributed by atoms with Crippen molar-refractivity contribution >= 4 is 27.4 Å². The fourth-order valence-electron chi connectivity index (χ4n) is 9.81. The van der Waals surface area contributed by atoms with Crippen molar-refractivity contribution in [3.05, 3.63) is 89.5 Å². The van der Waals surface area contributed by atoms with Crippen LogP contribution in [0.2, 0.25) is 0 Å². The van der Waals surface area contributed by atoms with Crippen molar-refractivity contribution in [2.24, 2.45) is 23.5 Å². The SMILES string of the molecule is COC(=O)C[C@H]1CCC[C@@H]1[C@](CN1CCC1)(c1cccc(F)c1)C1CCN(CC2(F)CN(c3ccc(S(=O)(=O)c4cccc(C(N)=O)c4)cc3F)C2)CC1. The summed E-state index contributed by atoms with van der Waals surface area (Å²) in [5, 5.41) is 0. The van der Waals surface area contributed by atoms with Gasteiger partial charge in [-0.25, -0.2) is 21.6 Å². The molecular weight excluding hydrogens is 718 g/mol. The van der Waals surface area contributed by atoms with Crippen LogP contribution in [-0.4, -0.2) is 95.2 Å². The Hall–Kier alpha value is -3.94. The first-order valence-electron chi connectivity index (χ1n) is 19.0. The standard InChI is InChI=1S/C41H49F3N4O5S/c1-53-38(49)21-28-6-3-11-35(28)41(27-46-16-5-17-46,31-8-4-9-32(42)22-31)30-14-18-47(19-15-30)24-40(44)25-48(26-40)37-13-12-34(23-36(37)43)54(51,52)33-10-2-7-29(20-33)39(45)50/h2,4,7-10,12-13,20,22-23,28,30,35H,3,5-6,11,14-19,21,24-27H2,1H3,(H2,45,50)/t28-,35+,41+/m1/s1. The first kappa shape index (κ1) is 38.3. The van der Waals surface area contributed by atoms with E-state index in [0.29, 0.717) is 19.5 Å². The zero-order chi connectivity index (χ0) is 38.3. The van der Waals surface area contributed by atoms with Crippen molar-refractivity contribution < 1.29 is 35.9 Å². The third kappa shape index (κ3) is 7.51. The Bertz CT molecular complexity index is 1980. The van der Waals surface area contributed by atoms with Gasteiger partial charge in [-0.05, 0) is 130 Å². The molecule has 3 aromatic carbocycles. The molecule has 0 bridgehead atoms. The number of amides is 1. The summed E-state index contributed by atoms with van der Waals surface area (Å²) in [7, 11) is -2.71. The Kier molecular flexibility index (Phi) is 10.9. The smallest absolute Gasteiger partial charge is 0.305 e. The Morgan fingerprint density at radius 3 is 2.26 bits per heavy atom. The minimum absolute atomic E-state index is 0.0212. The minimum Gasteiger partial charge on any atom is -0.469 e. The van der Waals surface area contributed by atoms with Crippen LogP contribution in [0.15, 0.2) is 76.5 Å². The first-order valence-corrected chi connectivity index (χ1v) is 20.5. The molecule has 54 heavy (non-hydrogen) atoms. The van der Waals surface area contributed by atoms with Gasteiger partial charge in [0.25, 0.3) is 0 Å². The molecule has 0 unspecified atom stereocenters. The van der Waals surface area contributed by atoms with Crippen LogP contribution >= 0.6 is 0 Å². The van der Waals surface area contributed by atoms with Crippen molar-refractivity contribution in [2.45, 2.75) is 65.8 Å². The fraction of sp³-hybridized carbons (Fsp3) is 0.512. The van der Waals surface area contributed by atoms with Gasteiger partial charge in [0.2, 0.25) is 15.7 Å². The molecule has 3 aliphatic heterocycles. The van der Waals surface area contributed by atoms with Gasteiger partial charge < -0.3 is 20.3 Å². The Morgan fingerprint density at radius 1 is 0.889 bits per heavy atom. The van der Waals surface area contributed by atoms with Crippen molar-refractivity contribution in [1.29, 1.82) is 0 Å². The summed E-state index contributed by atoms with van der Waals surface area (Å²) in [6, 6.07) is 15.9. The molecule has 1 amide bonds. The molecule has 7 rings (SSSR count). The molecule has 9 nitrogen and oxygen atoms in total. The number of ether oxygens (including phenoxy) is 1. The van der Waals surface area contributed by atoms with Crippen LogP contribution in [0.25, 0.3) is 0 Å². The van der Waals surface area contributed by atoms with Crippen LogP contribution in [0, 0.1) is 29.4 Å². The number of likely N-dealkylation sites (tertiary alicyclic amines) is 2. The number of esters is 1. The number of rotatable bonds is 13. The number of methoxy groups -OCH3 is 1. The predicted octanol–water partition coefficient (Wildman–Crippen LogP) is 5.76. The van der Waals surface area contributed by atoms with Crippen LogP contribution in [0.3, 0.4) is 0 Å². The maximum absolute atomic E-state index is 16.2. The number of nitrogens with zero attached hydrogens (tertiary/aromatic N) is 3. The molecular formula is C41H49F3N4O5S. The number of benzene rings is 3. The number of carbonyl (C=O) groups excluding carboxylic acids is 2. The number of sulfone groups is 1. The van der Waals surface area contributed by atoms with E-state index in [4.69, 9.17) is 10.5 Å². The van der Waals surface area contributed by atoms with Gasteiger partial charge >= 0.3 is 5.97 Å². The summed E-state index contributed by atoms with van der Waals surface area (Å²) in [6.07, 6.45) is 5.98. The summed E-state index contributed by atoms with van der Waals surface area (Å²) in [5.74, 6) is -1.52. The number of hydrogen-bond acceptors (Lipinski definition) is 8. The zero-order valence-corrected chi connectivity index (χ0v) is 31.5. The lowest BCUT2D eigenvalue weighted by molar-refractivity contribution is -0.142. The lowest BCUT2D eigenvalue weighted by Gasteiger charge is -2.54. The molecule has 0 spiro atoms. The van der Waals surface area contributed by atoms with E-state index in [1.165, 1.54) is 43.5 Å². The molecule has 3 saturated heterocycles. The Labute approximate surface area is 315 Å². The van der Waals surface area contributed by atoms with Gasteiger partial charge in [0.1, 0.15) is 11.6 Å². The van der Waals surface area contributed by atoms with Gasteiger partial charge in [0.05, 0.1) is 35.7 Å². The maximum Gasteiger partial charge on any atom is 0.305 e. The van der Waals surface area contributed by atoms with Crippen molar-refractivity contribution in [1.82, 2.24) is 9.80 Å². The van der Waals surface area contributed by atoms with E-state index >= 15 is 8.78 Å². The quantitative estimate of drug-likeness (QED) is 0.219. The highest BCUT2D eigenvalue weighted by atomic mass is 32.2. The summed E-state index contributed by atoms with van der Waals surface area (Å²) in [4.78, 5) is 29.9. The Morgan fingerprint density at radius 2 is 1.61 bits per heavy atom. The van der Waals surface area contributed by atoms with Gasteiger partial charge in [-0.15, -0.1) is 0 Å². The normalized spacial score (nSPS) is 23.3. The maximum atomic E-state index is 16.2. The van der Waals surface area contributed by atoms with Crippen molar-refractivity contribution in [3.8, 4) is 0 Å². The van der Waals surface area contributed by atoms with Crippen LogP contribution < -0.4 is 10.6 Å². The molecule has 3 aromatic rings. The number of carbonyl (C=O) groups is 2. The second-order valence-corrected chi connectivity index (χ2v) is 17.8. The number of halogens is 3. The summed E-state index contributed by atoms with van der Waals surface area (Å²) >= 11 is 0. The number of nitrogens with two attached hydrogens (primary N) is 1. The molecule has 0 radical (unpaired) electrons. The van der Waals surface area contributed by atoms with Crippen molar-refractivity contribution in [3.63, 3.8) is 0 Å². The summed E-state index contributed by atoms with van der Waals surface area (Å²) in [5.41, 5.74) is 4.49. The molecule has 4 fully saturated rings. The highest BCUT2D eigenvalue weighted by molar-refractivity contribution is 7.91. The first-order chi connectivity index (χ1) is 25.8. The average Bonchev–Trinajstić information content (AvgIpc) is 3.59. The van der Waals surface area contributed by atoms with Gasteiger partial charge in [-0.1, -0.05) is 24.6 Å². The number of piperidine rings is 1. The largest absolute Gasteiger partial charge is 0.469 e. The molecule has 3 heterocycles. The second-order valence-electron chi connectivity index (χ2n) is 15.8. The summed E-state index contributed by atoms with van der Waals surface area (Å²) in [6.45, 7) is 4.25. The molecule has 0 aromatic heterocycles. The molecule has 2 N–H and O–H groups in total. The Balaban J connectivity index is 1.04. The van der Waals surface area contributed by atoms with Gasteiger partial charge in [-0.2, -0.15) is 0 Å². The topological polar surface area (TPSA) is 113 Å². The highest BCUT2D eigenvalue weighted by Crippen LogP contribution is 2.54. The predicted molar refractivity (Wildman–Crippen MR) is 199 cm³/mol. The van der Waals surface area contributed by atoms with E-state index in [2.05, 4.69) is 15.9 Å². The lowest BCUT2D eigenvalue weighted by atomic mass is 9.56. The molecule has 13 heteroatoms. The third-order valence-electron chi connectivity index (χ3n) is 12.5. The number of hydrogen-bond donors (Lipinski definition) is 1. The third-order valence-corrected chi connectivity index (χ3v) is 14.3. The lowest BCUT2D eigenvalue weighted by Crippen LogP contribution is -2.65. The van der Waals surface area contributed by atoms with E-state index in [1.807, 2.05) is 0 Å². The van der Waals surface area contributed by atoms with Crippen LogP contribution in [0.1, 0.15) is 60.9 Å². The minimum atomic E-state index is -4.14. The van der Waals surface area contributed by atoms with Crippen molar-refractivity contribution in [2.75, 3.05) is 64.4 Å². The second kappa shape index (κ2) is 15.3. The molecule has 3 atom stereocenters. The highest BCUT2D eigenvalue weighted by Gasteiger charge is 2.53. The average molecular weight is 767 g/mol. The zero-order valence-electron chi connectivity index (χ0n) is 30.7. The van der Waals surface area contributed by atoms with Gasteiger partial charge in [0.15, 0.2) is 5.67 Å². The van der Waals surface area contributed by atoms with E-state index in [-0.39, 0.29) is 75.6 Å². The summed E-state index contributed by atoms with van der Waals surface area (Å²) < 4.78 is 78.2. The van der Waals surface area contributed by atoms with E-state index in [0.717, 1.165) is 75.9 Å².